The van der Waals surface area contributed by atoms with E-state index in [1.54, 1.807) is 4.90 Å². The molecule has 0 radical (unpaired) electrons. The Morgan fingerprint density at radius 1 is 1.08 bits per heavy atom. The molecular formula is C35H44F3N5O7S. The number of halogens is 3. The van der Waals surface area contributed by atoms with Gasteiger partial charge in [0, 0.05) is 30.7 Å². The lowest BCUT2D eigenvalue weighted by Gasteiger charge is -2.30. The number of alkyl carbamates (subject to hydrolysis) is 1. The summed E-state index contributed by atoms with van der Waals surface area (Å²) in [5, 5.41) is 5.56. The largest absolute Gasteiger partial charge is 0.444 e. The van der Waals surface area contributed by atoms with E-state index in [1.807, 2.05) is 36.4 Å². The van der Waals surface area contributed by atoms with E-state index in [0.717, 1.165) is 30.4 Å². The molecule has 3 heterocycles. The first kappa shape index (κ1) is 36.8. The van der Waals surface area contributed by atoms with Gasteiger partial charge in [-0.3, -0.25) is 19.1 Å². The maximum Gasteiger partial charge on any atom is 0.425 e. The monoisotopic (exact) mass is 735 g/mol. The predicted octanol–water partition coefficient (Wildman–Crippen LogP) is 4.52. The lowest BCUT2D eigenvalue weighted by Crippen LogP contribution is -2.57. The summed E-state index contributed by atoms with van der Waals surface area (Å²) in [6.45, 7) is 1.25. The smallest absolute Gasteiger partial charge is 0.425 e. The molecule has 2 saturated carbocycles. The molecule has 3 fully saturated rings. The fourth-order valence-corrected chi connectivity index (χ4v) is 7.68. The summed E-state index contributed by atoms with van der Waals surface area (Å²) in [7, 11) is 0. The van der Waals surface area contributed by atoms with Crippen LogP contribution in [0.5, 0.6) is 0 Å². The summed E-state index contributed by atoms with van der Waals surface area (Å²) in [4.78, 5) is 70.6. The minimum atomic E-state index is -4.80. The molecule has 1 aromatic rings. The van der Waals surface area contributed by atoms with Gasteiger partial charge in [-0.2, -0.15) is 13.2 Å². The van der Waals surface area contributed by atoms with Gasteiger partial charge in [-0.05, 0) is 74.9 Å². The number of carbonyl (C=O) groups is 5. The van der Waals surface area contributed by atoms with Crippen molar-refractivity contribution in [3.05, 3.63) is 47.5 Å². The summed E-state index contributed by atoms with van der Waals surface area (Å²) in [6.07, 6.45) is -0.738. The quantitative estimate of drug-likeness (QED) is 0.286. The second-order valence-electron chi connectivity index (χ2n) is 14.1. The van der Waals surface area contributed by atoms with Gasteiger partial charge in [0.15, 0.2) is 6.10 Å². The van der Waals surface area contributed by atoms with E-state index in [9.17, 15) is 37.1 Å². The summed E-state index contributed by atoms with van der Waals surface area (Å²) < 4.78 is 52.8. The molecule has 5 aliphatic rings. The summed E-state index contributed by atoms with van der Waals surface area (Å²) >= 11 is 1.33. The van der Waals surface area contributed by atoms with Crippen molar-refractivity contribution in [2.45, 2.75) is 119 Å². The van der Waals surface area contributed by atoms with Crippen molar-refractivity contribution in [1.82, 2.24) is 25.2 Å². The van der Waals surface area contributed by atoms with Gasteiger partial charge in [-0.1, -0.05) is 49.3 Å². The maximum absolute atomic E-state index is 14.2. The number of rotatable bonds is 6. The molecule has 0 aromatic heterocycles. The van der Waals surface area contributed by atoms with E-state index in [-0.39, 0.29) is 31.2 Å². The third kappa shape index (κ3) is 8.93. The topological polar surface area (TPSA) is 146 Å². The van der Waals surface area contributed by atoms with E-state index >= 15 is 0 Å². The Morgan fingerprint density at radius 2 is 1.84 bits per heavy atom. The molecule has 3 aliphatic heterocycles. The first-order valence-corrected chi connectivity index (χ1v) is 18.5. The number of allylic oxidation sites excluding steroid dienone is 1. The Balaban J connectivity index is 1.22. The lowest BCUT2D eigenvalue weighted by molar-refractivity contribution is -0.197. The number of fused-ring (bicyclic) bond motifs is 3. The van der Waals surface area contributed by atoms with Crippen molar-refractivity contribution in [1.29, 1.82) is 0 Å². The number of alkyl halides is 3. The van der Waals surface area contributed by atoms with Gasteiger partial charge < -0.3 is 29.9 Å². The maximum atomic E-state index is 14.2. The zero-order valence-corrected chi connectivity index (χ0v) is 29.2. The van der Waals surface area contributed by atoms with Crippen LogP contribution in [-0.2, 0) is 36.8 Å². The predicted molar refractivity (Wildman–Crippen MR) is 180 cm³/mol. The molecule has 6 atom stereocenters. The van der Waals surface area contributed by atoms with Crippen LogP contribution in [0.15, 0.2) is 36.4 Å². The Labute approximate surface area is 298 Å². The lowest BCUT2D eigenvalue weighted by atomic mass is 10.0. The molecule has 6 rings (SSSR count). The normalized spacial score (nSPS) is 29.5. The van der Waals surface area contributed by atoms with Crippen molar-refractivity contribution in [3.8, 4) is 0 Å². The molecule has 1 aromatic carbocycles. The third-order valence-corrected chi connectivity index (χ3v) is 11.3. The summed E-state index contributed by atoms with van der Waals surface area (Å²) in [5.74, 6) is -1.94. The molecule has 0 spiro atoms. The van der Waals surface area contributed by atoms with Gasteiger partial charge >= 0.3 is 18.4 Å². The van der Waals surface area contributed by atoms with Crippen LogP contribution in [0.25, 0.3) is 0 Å². The SMILES string of the molecule is CC(OC(=O)N[C@H]1CCCCC/C=C\[C@@H]2C[C@@]2(C(=O)NSC2CC2)NC(=O)[C@@H]2C[C@@H](OC(=O)N3CCc4ccccc4C3)CN2C1=O)C(F)(F)F. The number of hydrogen-bond donors (Lipinski definition) is 3. The molecule has 3 N–H and O–H groups in total. The number of ether oxygens (including phenoxy) is 2. The molecule has 51 heavy (non-hydrogen) atoms. The molecule has 5 amide bonds. The zero-order valence-electron chi connectivity index (χ0n) is 28.4. The summed E-state index contributed by atoms with van der Waals surface area (Å²) in [5.41, 5.74) is 0.903. The second-order valence-corrected chi connectivity index (χ2v) is 15.2. The fraction of sp³-hybridized carbons (Fsp3) is 0.629. The van der Waals surface area contributed by atoms with Gasteiger partial charge in [0.25, 0.3) is 5.91 Å². The molecule has 2 aliphatic carbocycles. The van der Waals surface area contributed by atoms with Crippen LogP contribution in [0.3, 0.4) is 0 Å². The Bertz CT molecular complexity index is 1540. The molecular weight excluding hydrogens is 691 g/mol. The minimum Gasteiger partial charge on any atom is -0.444 e. The van der Waals surface area contributed by atoms with Gasteiger partial charge in [0.05, 0.1) is 6.54 Å². The van der Waals surface area contributed by atoms with Crippen molar-refractivity contribution < 1.29 is 46.6 Å². The Kier molecular flexibility index (Phi) is 11.1. The molecule has 1 unspecified atom stereocenters. The molecule has 278 valence electrons. The number of hydrogen-bond acceptors (Lipinski definition) is 8. The van der Waals surface area contributed by atoms with Crippen molar-refractivity contribution in [2.75, 3.05) is 13.1 Å². The van der Waals surface area contributed by atoms with E-state index in [2.05, 4.69) is 20.1 Å². The standard InChI is InChI=1S/C35H44F3N5O7S/c1-21(35(36,37)38)49-32(47)39-27-12-6-4-2-3-5-11-24-18-34(24,31(46)41-51-26-13-14-26)40-29(44)28-17-25(20-43(28)30(27)45)50-33(48)42-16-15-22-9-7-8-10-23(22)19-42/h5,7-11,21,24-28H,2-4,6,12-20H2,1H3,(H,39,47)(H,40,44)(H,41,46)/b11-5-/t21?,24-,25-,27+,28+,34-/m1/s1. The number of carbonyl (C=O) groups excluding carboxylic acids is 5. The number of amides is 5. The van der Waals surface area contributed by atoms with E-state index < -0.39 is 60.0 Å². The minimum absolute atomic E-state index is 0.0773. The first-order chi connectivity index (χ1) is 24.3. The van der Waals surface area contributed by atoms with Gasteiger partial charge in [0.2, 0.25) is 11.8 Å². The van der Waals surface area contributed by atoms with Crippen molar-refractivity contribution in [3.63, 3.8) is 0 Å². The Hall–Kier alpha value is -3.95. The molecule has 0 bridgehead atoms. The Morgan fingerprint density at radius 3 is 2.59 bits per heavy atom. The molecule has 12 nitrogen and oxygen atoms in total. The van der Waals surface area contributed by atoms with Crippen LogP contribution in [0, 0.1) is 5.92 Å². The average molecular weight is 736 g/mol. The van der Waals surface area contributed by atoms with Crippen molar-refractivity contribution in [2.24, 2.45) is 5.92 Å². The number of benzene rings is 1. The number of nitrogens with one attached hydrogen (secondary N) is 3. The van der Waals surface area contributed by atoms with Gasteiger partial charge in [-0.25, -0.2) is 9.59 Å². The fourth-order valence-electron chi connectivity index (χ4n) is 6.85. The highest BCUT2D eigenvalue weighted by Crippen LogP contribution is 2.46. The van der Waals surface area contributed by atoms with Crippen LogP contribution in [0.4, 0.5) is 22.8 Å². The second kappa shape index (κ2) is 15.3. The summed E-state index contributed by atoms with van der Waals surface area (Å²) in [6, 6.07) is 5.26. The van der Waals surface area contributed by atoms with Crippen LogP contribution >= 0.6 is 11.9 Å². The third-order valence-electron chi connectivity index (χ3n) is 10.2. The van der Waals surface area contributed by atoms with Crippen LogP contribution in [-0.4, -0.2) is 94.1 Å². The highest BCUT2D eigenvalue weighted by Gasteiger charge is 2.61. The van der Waals surface area contributed by atoms with Gasteiger partial charge in [-0.15, -0.1) is 0 Å². The van der Waals surface area contributed by atoms with Crippen LogP contribution < -0.4 is 15.4 Å². The van der Waals surface area contributed by atoms with E-state index in [4.69, 9.17) is 4.74 Å². The van der Waals surface area contributed by atoms with Crippen LogP contribution in [0.1, 0.15) is 75.8 Å². The number of nitrogens with zero attached hydrogens (tertiary/aromatic N) is 2. The molecule has 1 saturated heterocycles. The van der Waals surface area contributed by atoms with E-state index in [1.165, 1.54) is 16.8 Å². The zero-order chi connectivity index (χ0) is 36.3. The highest BCUT2D eigenvalue weighted by atomic mass is 32.2. The van der Waals surface area contributed by atoms with Crippen LogP contribution in [0.2, 0.25) is 0 Å². The average Bonchev–Trinajstić information content (AvgIpc) is 4.01. The first-order valence-electron chi connectivity index (χ1n) is 17.7. The van der Waals surface area contributed by atoms with Gasteiger partial charge in [0.1, 0.15) is 23.7 Å². The van der Waals surface area contributed by atoms with E-state index in [0.29, 0.717) is 57.4 Å². The van der Waals surface area contributed by atoms with Crippen molar-refractivity contribution >= 4 is 41.9 Å². The highest BCUT2D eigenvalue weighted by molar-refractivity contribution is 7.98. The molecule has 16 heteroatoms.